The Labute approximate surface area is 195 Å². The van der Waals surface area contributed by atoms with Gasteiger partial charge in [-0.1, -0.05) is 19.9 Å². The first-order chi connectivity index (χ1) is 14.0. The number of fused-ring (bicyclic) bond motifs is 1. The Balaban J connectivity index is 0.00000320. The van der Waals surface area contributed by atoms with E-state index >= 15 is 0 Å². The van der Waals surface area contributed by atoms with Gasteiger partial charge in [-0.3, -0.25) is 4.99 Å². The Hall–Kier alpha value is -2.04. The third kappa shape index (κ3) is 6.48. The van der Waals surface area contributed by atoms with Gasteiger partial charge in [0.1, 0.15) is 23.4 Å². The van der Waals surface area contributed by atoms with Crippen molar-refractivity contribution in [2.24, 2.45) is 4.99 Å². The Morgan fingerprint density at radius 3 is 2.77 bits per heavy atom. The van der Waals surface area contributed by atoms with Gasteiger partial charge < -0.3 is 20.1 Å². The predicted molar refractivity (Wildman–Crippen MR) is 129 cm³/mol. The number of aromatic nitrogens is 3. The van der Waals surface area contributed by atoms with E-state index in [0.717, 1.165) is 48.5 Å². The summed E-state index contributed by atoms with van der Waals surface area (Å²) < 4.78 is 13.2. The van der Waals surface area contributed by atoms with Gasteiger partial charge in [0.05, 0.1) is 20.2 Å². The van der Waals surface area contributed by atoms with E-state index in [-0.39, 0.29) is 36.1 Å². The third-order valence-electron chi connectivity index (χ3n) is 4.89. The van der Waals surface area contributed by atoms with Crippen molar-refractivity contribution in [3.63, 3.8) is 0 Å². The first-order valence-corrected chi connectivity index (χ1v) is 10.2. The highest BCUT2D eigenvalue weighted by Crippen LogP contribution is 2.20. The van der Waals surface area contributed by atoms with Crippen LogP contribution in [0.25, 0.3) is 0 Å². The molecule has 3 rings (SSSR count). The summed E-state index contributed by atoms with van der Waals surface area (Å²) in [6.07, 6.45) is 1.90. The molecule has 0 spiro atoms. The van der Waals surface area contributed by atoms with Crippen LogP contribution in [-0.2, 0) is 13.0 Å². The monoisotopic (exact) mass is 528 g/mol. The summed E-state index contributed by atoms with van der Waals surface area (Å²) in [7, 11) is 3.43. The van der Waals surface area contributed by atoms with E-state index in [2.05, 4.69) is 39.6 Å². The van der Waals surface area contributed by atoms with Crippen LogP contribution in [0.1, 0.15) is 44.8 Å². The number of rotatable bonds is 7. The summed E-state index contributed by atoms with van der Waals surface area (Å²) in [6, 6.07) is 7.89. The van der Waals surface area contributed by atoms with Crippen molar-refractivity contribution in [3.8, 4) is 11.5 Å². The lowest BCUT2D eigenvalue weighted by Gasteiger charge is -2.26. The third-order valence-corrected chi connectivity index (χ3v) is 4.89. The van der Waals surface area contributed by atoms with Crippen LogP contribution in [0, 0.1) is 0 Å². The topological polar surface area (TPSA) is 85.6 Å². The molecule has 2 heterocycles. The smallest absolute Gasteiger partial charge is 0.191 e. The fourth-order valence-electron chi connectivity index (χ4n) is 3.27. The van der Waals surface area contributed by atoms with Gasteiger partial charge in [-0.25, -0.2) is 9.67 Å². The van der Waals surface area contributed by atoms with Crippen LogP contribution in [0.4, 0.5) is 0 Å². The molecule has 1 aromatic carbocycles. The van der Waals surface area contributed by atoms with E-state index in [9.17, 15) is 0 Å². The summed E-state index contributed by atoms with van der Waals surface area (Å²) in [4.78, 5) is 9.00. The van der Waals surface area contributed by atoms with Crippen molar-refractivity contribution >= 4 is 29.9 Å². The van der Waals surface area contributed by atoms with Gasteiger partial charge >= 0.3 is 0 Å². The molecule has 0 amide bonds. The number of hydrogen-bond donors (Lipinski definition) is 2. The summed E-state index contributed by atoms with van der Waals surface area (Å²) in [5.74, 6) is 4.68. The fraction of sp³-hybridized carbons (Fsp3) is 0.571. The number of halogens is 1. The Bertz CT molecular complexity index is 839. The molecule has 8 nitrogen and oxygen atoms in total. The summed E-state index contributed by atoms with van der Waals surface area (Å²) in [5.41, 5.74) is 0. The zero-order chi connectivity index (χ0) is 20.8. The minimum atomic E-state index is -0.0254. The lowest BCUT2D eigenvalue weighted by atomic mass is 10.1. The lowest BCUT2D eigenvalue weighted by Crippen LogP contribution is -2.48. The second-order valence-corrected chi connectivity index (χ2v) is 7.66. The molecule has 2 N–H and O–H groups in total. The number of benzene rings is 1. The van der Waals surface area contributed by atoms with Crippen LogP contribution in [0.5, 0.6) is 11.5 Å². The lowest BCUT2D eigenvalue weighted by molar-refractivity contribution is 0.222. The van der Waals surface area contributed by atoms with Crippen LogP contribution in [0.3, 0.4) is 0 Å². The number of nitrogens with one attached hydrogen (secondary N) is 2. The molecule has 0 radical (unpaired) electrons. The maximum absolute atomic E-state index is 5.97. The van der Waals surface area contributed by atoms with Gasteiger partial charge in [0.2, 0.25) is 0 Å². The number of nitrogens with zero attached hydrogens (tertiary/aromatic N) is 4. The molecule has 1 aromatic heterocycles. The highest BCUT2D eigenvalue weighted by Gasteiger charge is 2.23. The Kier molecular flexibility index (Phi) is 9.19. The van der Waals surface area contributed by atoms with E-state index in [0.29, 0.717) is 12.5 Å². The van der Waals surface area contributed by atoms with E-state index in [1.165, 1.54) is 0 Å². The molecule has 0 bridgehead atoms. The van der Waals surface area contributed by atoms with Crippen LogP contribution in [0.15, 0.2) is 29.3 Å². The molecule has 1 aliphatic heterocycles. The standard InChI is InChI=1S/C21H32N6O2.HI/c1-14(2)20-25-19-10-9-16(13-27(19)26-20)24-21(22-4)23-12-15(3)29-18-8-6-7-17(11-18)28-5;/h6-8,11,14-16H,9-10,12-13H2,1-5H3,(H2,22,23,24);1H. The maximum Gasteiger partial charge on any atom is 0.191 e. The van der Waals surface area contributed by atoms with E-state index < -0.39 is 0 Å². The summed E-state index contributed by atoms with van der Waals surface area (Å²) in [6.45, 7) is 7.70. The first-order valence-electron chi connectivity index (χ1n) is 10.2. The van der Waals surface area contributed by atoms with Gasteiger partial charge in [-0.05, 0) is 25.5 Å². The molecular formula is C21H33IN6O2. The number of guanidine groups is 1. The number of ether oxygens (including phenoxy) is 2. The van der Waals surface area contributed by atoms with E-state index in [1.54, 1.807) is 14.2 Å². The predicted octanol–water partition coefficient (Wildman–Crippen LogP) is 2.98. The molecule has 0 saturated heterocycles. The molecule has 2 aromatic rings. The van der Waals surface area contributed by atoms with E-state index in [4.69, 9.17) is 9.47 Å². The minimum absolute atomic E-state index is 0. The number of aryl methyl sites for hydroxylation is 1. The molecular weight excluding hydrogens is 495 g/mol. The van der Waals surface area contributed by atoms with Gasteiger partial charge in [0.25, 0.3) is 0 Å². The SMILES string of the molecule is CN=C(NCC(C)Oc1cccc(OC)c1)NC1CCc2nc(C(C)C)nn2C1.I. The van der Waals surface area contributed by atoms with Crippen molar-refractivity contribution in [2.75, 3.05) is 20.7 Å². The highest BCUT2D eigenvalue weighted by molar-refractivity contribution is 14.0. The van der Waals surface area contributed by atoms with Gasteiger partial charge in [0, 0.05) is 31.5 Å². The van der Waals surface area contributed by atoms with Crippen molar-refractivity contribution in [1.82, 2.24) is 25.4 Å². The van der Waals surface area contributed by atoms with Gasteiger partial charge in [-0.15, -0.1) is 24.0 Å². The average Bonchev–Trinajstić information content (AvgIpc) is 3.15. The molecule has 0 saturated carbocycles. The zero-order valence-corrected chi connectivity index (χ0v) is 20.7. The molecule has 166 valence electrons. The quantitative estimate of drug-likeness (QED) is 0.327. The van der Waals surface area contributed by atoms with Crippen LogP contribution in [0.2, 0.25) is 0 Å². The molecule has 9 heteroatoms. The summed E-state index contributed by atoms with van der Waals surface area (Å²) in [5, 5.41) is 11.5. The molecule has 2 unspecified atom stereocenters. The average molecular weight is 528 g/mol. The van der Waals surface area contributed by atoms with E-state index in [1.807, 2.05) is 35.9 Å². The second kappa shape index (κ2) is 11.4. The second-order valence-electron chi connectivity index (χ2n) is 7.66. The Morgan fingerprint density at radius 2 is 2.07 bits per heavy atom. The molecule has 0 fully saturated rings. The normalized spacial score (nSPS) is 17.0. The molecule has 0 aliphatic carbocycles. The fourth-order valence-corrected chi connectivity index (χ4v) is 3.27. The number of methoxy groups -OCH3 is 1. The maximum atomic E-state index is 5.97. The number of aliphatic imine (C=N–C) groups is 1. The Morgan fingerprint density at radius 1 is 1.30 bits per heavy atom. The number of hydrogen-bond acceptors (Lipinski definition) is 5. The van der Waals surface area contributed by atoms with Gasteiger partial charge in [0.15, 0.2) is 11.8 Å². The van der Waals surface area contributed by atoms with Crippen molar-refractivity contribution in [3.05, 3.63) is 35.9 Å². The minimum Gasteiger partial charge on any atom is -0.497 e. The van der Waals surface area contributed by atoms with Crippen LogP contribution in [-0.4, -0.2) is 53.6 Å². The molecule has 2 atom stereocenters. The molecule has 1 aliphatic rings. The van der Waals surface area contributed by atoms with Crippen LogP contribution >= 0.6 is 24.0 Å². The zero-order valence-electron chi connectivity index (χ0n) is 18.4. The van der Waals surface area contributed by atoms with Crippen molar-refractivity contribution < 1.29 is 9.47 Å². The largest absolute Gasteiger partial charge is 0.497 e. The summed E-state index contributed by atoms with van der Waals surface area (Å²) >= 11 is 0. The first kappa shape index (κ1) is 24.2. The van der Waals surface area contributed by atoms with Crippen molar-refractivity contribution in [2.45, 2.75) is 58.2 Å². The van der Waals surface area contributed by atoms with Crippen molar-refractivity contribution in [1.29, 1.82) is 0 Å². The van der Waals surface area contributed by atoms with Crippen LogP contribution < -0.4 is 20.1 Å². The van der Waals surface area contributed by atoms with Gasteiger partial charge in [-0.2, -0.15) is 5.10 Å². The highest BCUT2D eigenvalue weighted by atomic mass is 127. The molecule has 30 heavy (non-hydrogen) atoms.